The van der Waals surface area contributed by atoms with Crippen molar-refractivity contribution in [1.82, 2.24) is 20.9 Å². The highest BCUT2D eigenvalue weighted by Crippen LogP contribution is 2.18. The summed E-state index contributed by atoms with van der Waals surface area (Å²) in [7, 11) is 3.36. The molecule has 18 heavy (non-hydrogen) atoms. The van der Waals surface area contributed by atoms with Crippen LogP contribution in [0.1, 0.15) is 26.2 Å². The number of piperidine rings is 1. The zero-order valence-electron chi connectivity index (χ0n) is 11.5. The summed E-state index contributed by atoms with van der Waals surface area (Å²) in [6, 6.07) is -0.147. The fourth-order valence-corrected chi connectivity index (χ4v) is 1.95. The van der Waals surface area contributed by atoms with Gasteiger partial charge in [-0.1, -0.05) is 0 Å². The van der Waals surface area contributed by atoms with E-state index in [4.69, 9.17) is 0 Å². The average Bonchev–Trinajstić information content (AvgIpc) is 2.34. The highest BCUT2D eigenvalue weighted by molar-refractivity contribution is 5.86. The van der Waals surface area contributed by atoms with E-state index in [1.807, 2.05) is 6.92 Å². The number of rotatable bonds is 4. The molecule has 6 heteroatoms. The summed E-state index contributed by atoms with van der Waals surface area (Å²) in [4.78, 5) is 24.7. The molecule has 0 saturated carbocycles. The van der Waals surface area contributed by atoms with Crippen LogP contribution in [-0.2, 0) is 4.79 Å². The Morgan fingerprint density at radius 2 is 1.89 bits per heavy atom. The Kier molecular flexibility index (Phi) is 5.40. The van der Waals surface area contributed by atoms with Crippen LogP contribution in [0.25, 0.3) is 0 Å². The van der Waals surface area contributed by atoms with Crippen LogP contribution in [0.3, 0.4) is 0 Å². The van der Waals surface area contributed by atoms with Crippen LogP contribution in [-0.4, -0.2) is 56.1 Å². The standard InChI is InChI=1S/C12H24N4O2/c1-12(6-4-5-7-15-12)10(17)13-8-9-14-11(18)16(2)3/h15H,4-9H2,1-3H3,(H,13,17)(H,14,18). The third-order valence-corrected chi connectivity index (χ3v) is 3.21. The molecule has 0 aromatic carbocycles. The Balaban J connectivity index is 2.22. The Hall–Kier alpha value is -1.30. The Morgan fingerprint density at radius 3 is 2.44 bits per heavy atom. The van der Waals surface area contributed by atoms with Crippen LogP contribution in [0.5, 0.6) is 0 Å². The van der Waals surface area contributed by atoms with Crippen molar-refractivity contribution in [3.05, 3.63) is 0 Å². The normalized spacial score (nSPS) is 23.3. The zero-order valence-corrected chi connectivity index (χ0v) is 11.5. The lowest BCUT2D eigenvalue weighted by Gasteiger charge is -2.33. The number of hydrogen-bond donors (Lipinski definition) is 3. The van der Waals surface area contributed by atoms with Gasteiger partial charge in [0.05, 0.1) is 5.54 Å². The van der Waals surface area contributed by atoms with Gasteiger partial charge in [0.25, 0.3) is 0 Å². The predicted octanol–water partition coefficient (Wildman–Crippen LogP) is -0.0940. The Bertz CT molecular complexity index is 298. The number of nitrogens with zero attached hydrogens (tertiary/aromatic N) is 1. The number of carbonyl (C=O) groups is 2. The van der Waals surface area contributed by atoms with E-state index in [-0.39, 0.29) is 11.9 Å². The SMILES string of the molecule is CN(C)C(=O)NCCNC(=O)C1(C)CCCCN1. The molecule has 1 aliphatic heterocycles. The quantitative estimate of drug-likeness (QED) is 0.615. The van der Waals surface area contributed by atoms with Crippen LogP contribution in [0.2, 0.25) is 0 Å². The van der Waals surface area contributed by atoms with Gasteiger partial charge in [-0.15, -0.1) is 0 Å². The van der Waals surface area contributed by atoms with Gasteiger partial charge in [0, 0.05) is 27.2 Å². The van der Waals surface area contributed by atoms with Crippen LogP contribution in [0.15, 0.2) is 0 Å². The Labute approximate surface area is 108 Å². The van der Waals surface area contributed by atoms with E-state index in [1.54, 1.807) is 14.1 Å². The van der Waals surface area contributed by atoms with Gasteiger partial charge in [-0.2, -0.15) is 0 Å². The number of amides is 3. The molecule has 1 saturated heterocycles. The van der Waals surface area contributed by atoms with E-state index in [2.05, 4.69) is 16.0 Å². The molecule has 1 fully saturated rings. The van der Waals surface area contributed by atoms with Crippen molar-refractivity contribution in [2.24, 2.45) is 0 Å². The second-order valence-corrected chi connectivity index (χ2v) is 5.10. The molecule has 1 aliphatic rings. The molecule has 0 aliphatic carbocycles. The maximum absolute atomic E-state index is 12.0. The van der Waals surface area contributed by atoms with E-state index >= 15 is 0 Å². The minimum absolute atomic E-state index is 0.0151. The van der Waals surface area contributed by atoms with Crippen LogP contribution < -0.4 is 16.0 Å². The maximum atomic E-state index is 12.0. The summed E-state index contributed by atoms with van der Waals surface area (Å²) in [6.07, 6.45) is 3.07. The monoisotopic (exact) mass is 256 g/mol. The minimum Gasteiger partial charge on any atom is -0.353 e. The van der Waals surface area contributed by atoms with Crippen LogP contribution in [0.4, 0.5) is 4.79 Å². The number of hydrogen-bond acceptors (Lipinski definition) is 3. The van der Waals surface area contributed by atoms with Gasteiger partial charge in [0.2, 0.25) is 5.91 Å². The highest BCUT2D eigenvalue weighted by Gasteiger charge is 2.33. The van der Waals surface area contributed by atoms with Gasteiger partial charge >= 0.3 is 6.03 Å². The molecule has 1 atom stereocenters. The summed E-state index contributed by atoms with van der Waals surface area (Å²) in [5, 5.41) is 8.81. The van der Waals surface area contributed by atoms with Gasteiger partial charge in [0.1, 0.15) is 0 Å². The molecule has 1 rings (SSSR count). The Morgan fingerprint density at radius 1 is 1.22 bits per heavy atom. The van der Waals surface area contributed by atoms with Crippen molar-refractivity contribution in [3.8, 4) is 0 Å². The molecule has 1 heterocycles. The second-order valence-electron chi connectivity index (χ2n) is 5.10. The molecule has 104 valence electrons. The minimum atomic E-state index is -0.455. The van der Waals surface area contributed by atoms with Gasteiger partial charge in [0.15, 0.2) is 0 Å². The van der Waals surface area contributed by atoms with Crippen molar-refractivity contribution in [1.29, 1.82) is 0 Å². The molecule has 0 aromatic heterocycles. The van der Waals surface area contributed by atoms with Gasteiger partial charge in [-0.05, 0) is 32.7 Å². The zero-order chi connectivity index (χ0) is 13.6. The fourth-order valence-electron chi connectivity index (χ4n) is 1.95. The summed E-state index contributed by atoms with van der Waals surface area (Å²) in [5.74, 6) is 0.0151. The number of carbonyl (C=O) groups excluding carboxylic acids is 2. The van der Waals surface area contributed by atoms with Gasteiger partial charge < -0.3 is 20.9 Å². The highest BCUT2D eigenvalue weighted by atomic mass is 16.2. The summed E-state index contributed by atoms with van der Waals surface area (Å²) in [5.41, 5.74) is -0.455. The molecular weight excluding hydrogens is 232 g/mol. The molecule has 6 nitrogen and oxygen atoms in total. The predicted molar refractivity (Wildman–Crippen MR) is 70.4 cm³/mol. The smallest absolute Gasteiger partial charge is 0.316 e. The lowest BCUT2D eigenvalue weighted by atomic mass is 9.90. The topological polar surface area (TPSA) is 73.5 Å². The molecule has 0 bridgehead atoms. The molecular formula is C12H24N4O2. The van der Waals surface area contributed by atoms with E-state index in [0.29, 0.717) is 13.1 Å². The van der Waals surface area contributed by atoms with Crippen molar-refractivity contribution in [3.63, 3.8) is 0 Å². The van der Waals surface area contributed by atoms with Crippen molar-refractivity contribution < 1.29 is 9.59 Å². The largest absolute Gasteiger partial charge is 0.353 e. The summed E-state index contributed by atoms with van der Waals surface area (Å²) in [6.45, 7) is 3.72. The van der Waals surface area contributed by atoms with Gasteiger partial charge in [-0.25, -0.2) is 4.79 Å². The number of urea groups is 1. The summed E-state index contributed by atoms with van der Waals surface area (Å²) >= 11 is 0. The van der Waals surface area contributed by atoms with Crippen LogP contribution in [0, 0.1) is 0 Å². The molecule has 3 N–H and O–H groups in total. The van der Waals surface area contributed by atoms with E-state index in [1.165, 1.54) is 4.90 Å². The lowest BCUT2D eigenvalue weighted by Crippen LogP contribution is -2.57. The van der Waals surface area contributed by atoms with Crippen molar-refractivity contribution in [2.75, 3.05) is 33.7 Å². The third-order valence-electron chi connectivity index (χ3n) is 3.21. The van der Waals surface area contributed by atoms with Crippen LogP contribution >= 0.6 is 0 Å². The average molecular weight is 256 g/mol. The third kappa shape index (κ3) is 4.18. The molecule has 0 spiro atoms. The molecule has 1 unspecified atom stereocenters. The van der Waals surface area contributed by atoms with Gasteiger partial charge in [-0.3, -0.25) is 4.79 Å². The lowest BCUT2D eigenvalue weighted by molar-refractivity contribution is -0.127. The first-order chi connectivity index (χ1) is 8.46. The first kappa shape index (κ1) is 14.8. The molecule has 0 aromatic rings. The van der Waals surface area contributed by atoms with E-state index in [0.717, 1.165) is 25.8 Å². The van der Waals surface area contributed by atoms with E-state index < -0.39 is 5.54 Å². The van der Waals surface area contributed by atoms with Crippen molar-refractivity contribution >= 4 is 11.9 Å². The number of nitrogens with one attached hydrogen (secondary N) is 3. The second kappa shape index (κ2) is 6.58. The molecule has 0 radical (unpaired) electrons. The first-order valence-corrected chi connectivity index (χ1v) is 6.44. The fraction of sp³-hybridized carbons (Fsp3) is 0.833. The maximum Gasteiger partial charge on any atom is 0.316 e. The summed E-state index contributed by atoms with van der Waals surface area (Å²) < 4.78 is 0. The van der Waals surface area contributed by atoms with E-state index in [9.17, 15) is 9.59 Å². The molecule has 3 amide bonds. The van der Waals surface area contributed by atoms with Crippen molar-refractivity contribution in [2.45, 2.75) is 31.7 Å². The first-order valence-electron chi connectivity index (χ1n) is 6.44.